The lowest BCUT2D eigenvalue weighted by atomic mass is 10.1. The molecule has 1 aliphatic rings. The van der Waals surface area contributed by atoms with Crippen LogP contribution in [0.15, 0.2) is 5.16 Å². The second-order valence-electron chi connectivity index (χ2n) is 4.27. The molecule has 1 unspecified atom stereocenters. The van der Waals surface area contributed by atoms with Gasteiger partial charge in [-0.25, -0.2) is 0 Å². The summed E-state index contributed by atoms with van der Waals surface area (Å²) < 4.78 is 0. The molecule has 0 radical (unpaired) electrons. The Morgan fingerprint density at radius 2 is 2.25 bits per heavy atom. The highest BCUT2D eigenvalue weighted by molar-refractivity contribution is 5.98. The summed E-state index contributed by atoms with van der Waals surface area (Å²) in [6.45, 7) is 2.90. The molecule has 16 heavy (non-hydrogen) atoms. The van der Waals surface area contributed by atoms with Gasteiger partial charge in [0.05, 0.1) is 6.42 Å². The van der Waals surface area contributed by atoms with E-state index in [9.17, 15) is 4.79 Å². The Morgan fingerprint density at radius 3 is 2.88 bits per heavy atom. The van der Waals surface area contributed by atoms with Gasteiger partial charge in [0, 0.05) is 12.6 Å². The van der Waals surface area contributed by atoms with E-state index in [0.29, 0.717) is 6.04 Å². The minimum absolute atomic E-state index is 0.0101. The molecule has 0 spiro atoms. The van der Waals surface area contributed by atoms with Crippen LogP contribution in [-0.2, 0) is 4.79 Å². The van der Waals surface area contributed by atoms with Crippen LogP contribution >= 0.6 is 0 Å². The third-order valence-electron chi connectivity index (χ3n) is 3.13. The monoisotopic (exact) mass is 227 g/mol. The summed E-state index contributed by atoms with van der Waals surface area (Å²) in [6, 6.07) is 0.321. The fraction of sp³-hybridized carbons (Fsp3) is 0.818. The van der Waals surface area contributed by atoms with E-state index in [1.807, 2.05) is 4.90 Å². The molecule has 92 valence electrons. The van der Waals surface area contributed by atoms with Gasteiger partial charge in [-0.1, -0.05) is 24.9 Å². The zero-order valence-corrected chi connectivity index (χ0v) is 9.85. The molecule has 1 heterocycles. The minimum atomic E-state index is -0.0240. The highest BCUT2D eigenvalue weighted by atomic mass is 16.4. The Bertz CT molecular complexity index is 266. The van der Waals surface area contributed by atoms with E-state index >= 15 is 0 Å². The summed E-state index contributed by atoms with van der Waals surface area (Å²) in [6.07, 6.45) is 5.49. The highest BCUT2D eigenvalue weighted by Crippen LogP contribution is 2.19. The lowest BCUT2D eigenvalue weighted by Gasteiger charge is -2.29. The predicted molar refractivity (Wildman–Crippen MR) is 62.3 cm³/mol. The molecule has 5 nitrogen and oxygen atoms in total. The van der Waals surface area contributed by atoms with Crippen LogP contribution in [0.25, 0.3) is 0 Å². The molecule has 5 heteroatoms. The van der Waals surface area contributed by atoms with Crippen molar-refractivity contribution in [2.75, 3.05) is 6.54 Å². The molecule has 1 rings (SSSR count). The zero-order chi connectivity index (χ0) is 12.0. The second kappa shape index (κ2) is 6.35. The van der Waals surface area contributed by atoms with E-state index in [4.69, 9.17) is 10.9 Å². The first kappa shape index (κ1) is 12.8. The van der Waals surface area contributed by atoms with Crippen molar-refractivity contribution in [1.29, 1.82) is 0 Å². The summed E-state index contributed by atoms with van der Waals surface area (Å²) in [4.78, 5) is 13.8. The average Bonchev–Trinajstić information content (AvgIpc) is 2.53. The molecule has 0 aromatic carbocycles. The zero-order valence-electron chi connectivity index (χ0n) is 9.85. The van der Waals surface area contributed by atoms with E-state index in [-0.39, 0.29) is 18.2 Å². The smallest absolute Gasteiger partial charge is 0.230 e. The van der Waals surface area contributed by atoms with Crippen LogP contribution in [0.4, 0.5) is 0 Å². The maximum Gasteiger partial charge on any atom is 0.230 e. The third-order valence-corrected chi connectivity index (χ3v) is 3.13. The number of oxime groups is 1. The number of carbonyl (C=O) groups is 1. The van der Waals surface area contributed by atoms with E-state index < -0.39 is 0 Å². The van der Waals surface area contributed by atoms with Crippen LogP contribution in [0, 0.1) is 0 Å². The van der Waals surface area contributed by atoms with Gasteiger partial charge in [0.2, 0.25) is 5.91 Å². The van der Waals surface area contributed by atoms with Gasteiger partial charge in [-0.2, -0.15) is 0 Å². The Kier molecular flexibility index (Phi) is 5.08. The van der Waals surface area contributed by atoms with E-state index in [2.05, 4.69) is 12.1 Å². The summed E-state index contributed by atoms with van der Waals surface area (Å²) >= 11 is 0. The number of carbonyl (C=O) groups excluding carboxylic acids is 1. The first-order valence-corrected chi connectivity index (χ1v) is 5.95. The fourth-order valence-corrected chi connectivity index (χ4v) is 2.22. The van der Waals surface area contributed by atoms with Gasteiger partial charge in [0.1, 0.15) is 5.84 Å². The topological polar surface area (TPSA) is 78.9 Å². The van der Waals surface area contributed by atoms with Crippen LogP contribution in [0.3, 0.4) is 0 Å². The maximum absolute atomic E-state index is 11.9. The minimum Gasteiger partial charge on any atom is -0.409 e. The normalized spacial score (nSPS) is 22.9. The van der Waals surface area contributed by atoms with Crippen molar-refractivity contribution >= 4 is 11.7 Å². The van der Waals surface area contributed by atoms with Gasteiger partial charge < -0.3 is 15.8 Å². The van der Waals surface area contributed by atoms with E-state index in [1.54, 1.807) is 0 Å². The van der Waals surface area contributed by atoms with Crippen molar-refractivity contribution in [3.63, 3.8) is 0 Å². The Hall–Kier alpha value is -1.26. The fourth-order valence-electron chi connectivity index (χ4n) is 2.22. The summed E-state index contributed by atoms with van der Waals surface area (Å²) in [5.41, 5.74) is 5.36. The molecule has 0 bridgehead atoms. The summed E-state index contributed by atoms with van der Waals surface area (Å²) in [5, 5.41) is 11.3. The SMILES string of the molecule is CCC1CCCCCN1C(=O)CC(N)=NO. The molecular formula is C11H21N3O2. The van der Waals surface area contributed by atoms with Crippen LogP contribution in [0.1, 0.15) is 45.4 Å². The molecule has 1 saturated heterocycles. The molecule has 0 saturated carbocycles. The van der Waals surface area contributed by atoms with Crippen molar-refractivity contribution < 1.29 is 10.0 Å². The van der Waals surface area contributed by atoms with Crippen LogP contribution in [-0.4, -0.2) is 34.4 Å². The number of hydrogen-bond donors (Lipinski definition) is 2. The standard InChI is InChI=1S/C11H21N3O2/c1-2-9-6-4-3-5-7-14(9)11(15)8-10(12)13-16/h9,16H,2-8H2,1H3,(H2,12,13). The first-order chi connectivity index (χ1) is 7.69. The highest BCUT2D eigenvalue weighted by Gasteiger charge is 2.24. The quantitative estimate of drug-likeness (QED) is 0.330. The third kappa shape index (κ3) is 3.40. The summed E-state index contributed by atoms with van der Waals surface area (Å²) in [7, 11) is 0. The van der Waals surface area contributed by atoms with Gasteiger partial charge in [-0.05, 0) is 19.3 Å². The Balaban J connectivity index is 2.62. The van der Waals surface area contributed by atoms with Crippen molar-refractivity contribution in [2.45, 2.75) is 51.5 Å². The number of amidine groups is 1. The number of nitrogens with two attached hydrogens (primary N) is 1. The molecule has 1 amide bonds. The molecule has 1 atom stereocenters. The number of rotatable bonds is 3. The van der Waals surface area contributed by atoms with Gasteiger partial charge in [0.25, 0.3) is 0 Å². The van der Waals surface area contributed by atoms with Gasteiger partial charge in [-0.15, -0.1) is 0 Å². The molecular weight excluding hydrogens is 206 g/mol. The maximum atomic E-state index is 11.9. The van der Waals surface area contributed by atoms with Crippen LogP contribution in [0.5, 0.6) is 0 Å². The number of nitrogens with zero attached hydrogens (tertiary/aromatic N) is 2. The molecule has 0 aromatic heterocycles. The van der Waals surface area contributed by atoms with Gasteiger partial charge in [0.15, 0.2) is 0 Å². The number of hydrogen-bond acceptors (Lipinski definition) is 3. The molecule has 3 N–H and O–H groups in total. The molecule has 1 aliphatic heterocycles. The number of amides is 1. The van der Waals surface area contributed by atoms with Crippen molar-refractivity contribution in [1.82, 2.24) is 4.90 Å². The van der Waals surface area contributed by atoms with Crippen molar-refractivity contribution in [3.05, 3.63) is 0 Å². The van der Waals surface area contributed by atoms with Gasteiger partial charge in [-0.3, -0.25) is 4.79 Å². The lowest BCUT2D eigenvalue weighted by molar-refractivity contribution is -0.132. The van der Waals surface area contributed by atoms with E-state index in [1.165, 1.54) is 12.8 Å². The molecule has 0 aromatic rings. The van der Waals surface area contributed by atoms with Crippen molar-refractivity contribution in [2.24, 2.45) is 10.9 Å². The van der Waals surface area contributed by atoms with Crippen LogP contribution < -0.4 is 5.73 Å². The second-order valence-corrected chi connectivity index (χ2v) is 4.27. The summed E-state index contributed by atoms with van der Waals surface area (Å²) in [5.74, 6) is -0.0341. The van der Waals surface area contributed by atoms with Crippen LogP contribution in [0.2, 0.25) is 0 Å². The molecule has 0 aliphatic carbocycles. The predicted octanol–water partition coefficient (Wildman–Crippen LogP) is 1.30. The molecule has 1 fully saturated rings. The van der Waals surface area contributed by atoms with Crippen molar-refractivity contribution in [3.8, 4) is 0 Å². The number of likely N-dealkylation sites (tertiary alicyclic amines) is 1. The van der Waals surface area contributed by atoms with E-state index in [0.717, 1.165) is 25.8 Å². The van der Waals surface area contributed by atoms with Gasteiger partial charge >= 0.3 is 0 Å². The Morgan fingerprint density at radius 1 is 1.50 bits per heavy atom. The first-order valence-electron chi connectivity index (χ1n) is 5.95. The lowest BCUT2D eigenvalue weighted by Crippen LogP contribution is -2.41. The average molecular weight is 227 g/mol. The largest absolute Gasteiger partial charge is 0.409 e. The Labute approximate surface area is 96.3 Å².